The van der Waals surface area contributed by atoms with Crippen molar-refractivity contribution in [2.24, 2.45) is 0 Å². The Morgan fingerprint density at radius 3 is 1.73 bits per heavy atom. The molecule has 0 saturated heterocycles. The number of carbonyl (C=O) groups excluding carboxylic acids is 2. The fraction of sp³-hybridized carbons (Fsp3) is 0. The molecule has 0 spiro atoms. The lowest BCUT2D eigenvalue weighted by Crippen LogP contribution is -1.67. The molecule has 0 saturated carbocycles. The number of isocyanates is 2. The number of benzene rings is 1. The molecule has 0 radical (unpaired) electrons. The lowest BCUT2D eigenvalue weighted by molar-refractivity contribution is 0.562. The summed E-state index contributed by atoms with van der Waals surface area (Å²) in [6.07, 6.45) is 3.33. The molecule has 0 heterocycles. The van der Waals surface area contributed by atoms with Gasteiger partial charge in [-0.05, 0) is 17.7 Å². The van der Waals surface area contributed by atoms with Crippen molar-refractivity contribution >= 4 is 34.2 Å². The molecule has 1 aromatic rings. The van der Waals surface area contributed by atoms with E-state index in [1.165, 1.54) is 0 Å². The molecule has 78 valence electrons. The minimum atomic E-state index is 0.750. The van der Waals surface area contributed by atoms with Crippen molar-refractivity contribution in [2.45, 2.75) is 0 Å². The van der Waals surface area contributed by atoms with Crippen LogP contribution in [0.4, 0.5) is 0 Å². The molecule has 0 aliphatic rings. The Morgan fingerprint density at radius 2 is 1.47 bits per heavy atom. The Bertz CT molecular complexity index is 336. The second-order valence-electron chi connectivity index (χ2n) is 1.96. The van der Waals surface area contributed by atoms with Crippen LogP contribution in [0.25, 0.3) is 6.08 Å². The van der Waals surface area contributed by atoms with Crippen LogP contribution in [-0.2, 0) is 9.59 Å². The fourth-order valence-electron chi connectivity index (χ4n) is 0.599. The number of halogens is 1. The molecule has 0 atom stereocenters. The van der Waals surface area contributed by atoms with Crippen LogP contribution in [0.2, 0.25) is 0 Å². The molecule has 1 aromatic carbocycles. The fourth-order valence-corrected chi connectivity index (χ4v) is 0.863. The van der Waals surface area contributed by atoms with Crippen molar-refractivity contribution in [2.75, 3.05) is 0 Å². The van der Waals surface area contributed by atoms with E-state index >= 15 is 0 Å². The van der Waals surface area contributed by atoms with Crippen molar-refractivity contribution in [3.8, 4) is 0 Å². The monoisotopic (exact) mass is 268 g/mol. The van der Waals surface area contributed by atoms with Gasteiger partial charge in [0.05, 0.1) is 0 Å². The summed E-state index contributed by atoms with van der Waals surface area (Å²) >= 11 is 3.34. The van der Waals surface area contributed by atoms with Gasteiger partial charge in [-0.3, -0.25) is 0 Å². The van der Waals surface area contributed by atoms with E-state index in [1.807, 2.05) is 30.3 Å². The van der Waals surface area contributed by atoms with Crippen LogP contribution in [0.3, 0.4) is 0 Å². The summed E-state index contributed by atoms with van der Waals surface area (Å²) < 4.78 is 1.10. The second-order valence-corrected chi connectivity index (χ2v) is 2.88. The first-order valence-electron chi connectivity index (χ1n) is 3.62. The van der Waals surface area contributed by atoms with Gasteiger partial charge in [-0.25, -0.2) is 20.4 Å². The molecule has 4 nitrogen and oxygen atoms in total. The molecule has 0 aliphatic heterocycles. The number of nitrogens with one attached hydrogen (secondary N) is 2. The highest BCUT2D eigenvalue weighted by Gasteiger charge is 1.83. The van der Waals surface area contributed by atoms with E-state index in [0.717, 1.165) is 22.2 Å². The van der Waals surface area contributed by atoms with Gasteiger partial charge in [0.25, 0.3) is 0 Å². The van der Waals surface area contributed by atoms with Crippen LogP contribution in [0, 0.1) is 10.8 Å². The molecule has 0 fully saturated rings. The summed E-state index contributed by atoms with van der Waals surface area (Å²) in [6, 6.07) is 8.02. The molecule has 5 heteroatoms. The van der Waals surface area contributed by atoms with E-state index in [-0.39, 0.29) is 0 Å². The third kappa shape index (κ3) is 12.2. The topological polar surface area (TPSA) is 81.8 Å². The quantitative estimate of drug-likeness (QED) is 0.607. The molecule has 1 rings (SSSR count). The average Bonchev–Trinajstić information content (AvgIpc) is 2.21. The first-order chi connectivity index (χ1) is 7.15. The molecule has 0 amide bonds. The molecule has 0 aliphatic carbocycles. The minimum absolute atomic E-state index is 0.750. The van der Waals surface area contributed by atoms with Crippen LogP contribution < -0.4 is 0 Å². The second kappa shape index (κ2) is 12.2. The van der Waals surface area contributed by atoms with Gasteiger partial charge in [-0.15, -0.1) is 0 Å². The Kier molecular flexibility index (Phi) is 12.7. The highest BCUT2D eigenvalue weighted by molar-refractivity contribution is 9.10. The first kappa shape index (κ1) is 15.7. The standard InChI is InChI=1S/C8H7Br.2CHNO/c1-2-7-3-5-8(9)6-4-7;2*2-1-3/h2-6H,1H2;2*2H. The van der Waals surface area contributed by atoms with Crippen LogP contribution in [0.1, 0.15) is 5.56 Å². The molecule has 15 heavy (non-hydrogen) atoms. The summed E-state index contributed by atoms with van der Waals surface area (Å²) in [4.78, 5) is 16.7. The minimum Gasteiger partial charge on any atom is -0.222 e. The zero-order valence-electron chi connectivity index (χ0n) is 7.79. The molecular formula is C10H9BrN2O2. The normalized spacial score (nSPS) is 6.47. The van der Waals surface area contributed by atoms with Gasteiger partial charge in [-0.1, -0.05) is 40.7 Å². The lowest BCUT2D eigenvalue weighted by atomic mass is 10.2. The van der Waals surface area contributed by atoms with Crippen LogP contribution >= 0.6 is 15.9 Å². The zero-order valence-corrected chi connectivity index (χ0v) is 9.37. The Morgan fingerprint density at radius 1 is 1.13 bits per heavy atom. The lowest BCUT2D eigenvalue weighted by Gasteiger charge is -1.90. The van der Waals surface area contributed by atoms with Gasteiger partial charge in [0.2, 0.25) is 12.2 Å². The van der Waals surface area contributed by atoms with E-state index in [0.29, 0.717) is 0 Å². The Balaban J connectivity index is 0. The van der Waals surface area contributed by atoms with E-state index in [4.69, 9.17) is 20.4 Å². The van der Waals surface area contributed by atoms with Gasteiger partial charge in [0.1, 0.15) is 0 Å². The largest absolute Gasteiger partial charge is 0.231 e. The van der Waals surface area contributed by atoms with Gasteiger partial charge in [0, 0.05) is 4.47 Å². The average molecular weight is 269 g/mol. The van der Waals surface area contributed by atoms with Gasteiger partial charge >= 0.3 is 0 Å². The number of hydrogen-bond acceptors (Lipinski definition) is 4. The molecule has 0 unspecified atom stereocenters. The molecule has 0 aromatic heterocycles. The van der Waals surface area contributed by atoms with E-state index in [1.54, 1.807) is 0 Å². The van der Waals surface area contributed by atoms with E-state index in [2.05, 4.69) is 22.5 Å². The van der Waals surface area contributed by atoms with Crippen molar-refractivity contribution in [1.82, 2.24) is 0 Å². The summed E-state index contributed by atoms with van der Waals surface area (Å²) in [5.74, 6) is 0. The number of hydrogen-bond donors (Lipinski definition) is 2. The molecular weight excluding hydrogens is 260 g/mol. The smallest absolute Gasteiger partial charge is 0.222 e. The van der Waals surface area contributed by atoms with Crippen molar-refractivity contribution < 1.29 is 9.59 Å². The van der Waals surface area contributed by atoms with Crippen molar-refractivity contribution in [1.29, 1.82) is 10.8 Å². The van der Waals surface area contributed by atoms with Crippen molar-refractivity contribution in [3.63, 3.8) is 0 Å². The Hall–Kier alpha value is -1.80. The van der Waals surface area contributed by atoms with Crippen LogP contribution in [0.15, 0.2) is 35.3 Å². The maximum atomic E-state index is 8.35. The molecule has 0 bridgehead atoms. The van der Waals surface area contributed by atoms with E-state index in [9.17, 15) is 0 Å². The Labute approximate surface area is 95.8 Å². The predicted molar refractivity (Wildman–Crippen MR) is 61.1 cm³/mol. The van der Waals surface area contributed by atoms with Gasteiger partial charge < -0.3 is 0 Å². The summed E-state index contributed by atoms with van der Waals surface area (Å²) in [7, 11) is 0. The van der Waals surface area contributed by atoms with Crippen LogP contribution in [-0.4, -0.2) is 12.2 Å². The summed E-state index contributed by atoms with van der Waals surface area (Å²) in [5.41, 5.74) is 1.15. The van der Waals surface area contributed by atoms with E-state index < -0.39 is 0 Å². The predicted octanol–water partition coefficient (Wildman–Crippen LogP) is 2.89. The first-order valence-corrected chi connectivity index (χ1v) is 4.41. The maximum Gasteiger partial charge on any atom is 0.231 e. The third-order valence-electron chi connectivity index (χ3n) is 1.11. The van der Waals surface area contributed by atoms with Crippen molar-refractivity contribution in [3.05, 3.63) is 40.9 Å². The summed E-state index contributed by atoms with van der Waals surface area (Å²) in [6.45, 7) is 3.65. The van der Waals surface area contributed by atoms with Gasteiger partial charge in [0.15, 0.2) is 0 Å². The zero-order chi connectivity index (χ0) is 12.1. The third-order valence-corrected chi connectivity index (χ3v) is 1.63. The number of rotatable bonds is 1. The SMILES string of the molecule is C=Cc1ccc(Br)cc1.N=C=O.N=C=O. The van der Waals surface area contributed by atoms with Gasteiger partial charge in [-0.2, -0.15) is 0 Å². The van der Waals surface area contributed by atoms with Crippen LogP contribution in [0.5, 0.6) is 0 Å². The highest BCUT2D eigenvalue weighted by atomic mass is 79.9. The maximum absolute atomic E-state index is 8.35. The summed E-state index contributed by atoms with van der Waals surface area (Å²) in [5, 5.41) is 10.8. The highest BCUT2D eigenvalue weighted by Crippen LogP contribution is 2.10. The molecule has 2 N–H and O–H groups in total.